The summed E-state index contributed by atoms with van der Waals surface area (Å²) in [7, 11) is -3.33. The van der Waals surface area contributed by atoms with Gasteiger partial charge in [-0.3, -0.25) is 4.98 Å². The third-order valence-electron chi connectivity index (χ3n) is 2.84. The van der Waals surface area contributed by atoms with E-state index < -0.39 is 10.2 Å². The van der Waals surface area contributed by atoms with Gasteiger partial charge in [0.05, 0.1) is 0 Å². The molecule has 0 aliphatic carbocycles. The van der Waals surface area contributed by atoms with Gasteiger partial charge in [0.1, 0.15) is 0 Å². The van der Waals surface area contributed by atoms with Crippen LogP contribution in [0.3, 0.4) is 0 Å². The summed E-state index contributed by atoms with van der Waals surface area (Å²) in [5.74, 6) is 0. The first-order valence-corrected chi connectivity index (χ1v) is 7.26. The minimum absolute atomic E-state index is 0.298. The number of piperidine rings is 1. The number of hydrogen-bond acceptors (Lipinski definition) is 3. The molecule has 5 nitrogen and oxygen atoms in total. The normalized spacial score (nSPS) is 18.1. The molecule has 1 saturated heterocycles. The third kappa shape index (κ3) is 3.49. The van der Waals surface area contributed by atoms with Crippen molar-refractivity contribution in [2.24, 2.45) is 0 Å². The highest BCUT2D eigenvalue weighted by Gasteiger charge is 2.22. The molecule has 0 atom stereocenters. The smallest absolute Gasteiger partial charge is 0.264 e. The number of rotatable bonds is 4. The Morgan fingerprint density at radius 3 is 2.71 bits per heavy atom. The predicted octanol–water partition coefficient (Wildman–Crippen LogP) is 0.902. The van der Waals surface area contributed by atoms with E-state index in [1.165, 1.54) is 4.31 Å². The van der Waals surface area contributed by atoms with Crippen LogP contribution in [0.1, 0.15) is 24.8 Å². The van der Waals surface area contributed by atoms with Crippen molar-refractivity contribution in [2.75, 3.05) is 13.1 Å². The van der Waals surface area contributed by atoms with Crippen molar-refractivity contribution in [1.29, 1.82) is 0 Å². The molecule has 1 aromatic rings. The molecule has 0 radical (unpaired) electrons. The SMILES string of the molecule is O=S(=O)(NCc1cccnc1)N1CCCCC1. The zero-order chi connectivity index (χ0) is 12.1. The van der Waals surface area contributed by atoms with Crippen molar-refractivity contribution >= 4 is 10.2 Å². The molecule has 0 saturated carbocycles. The van der Waals surface area contributed by atoms with Crippen LogP contribution in [0, 0.1) is 0 Å². The molecule has 0 amide bonds. The van der Waals surface area contributed by atoms with Gasteiger partial charge in [0.15, 0.2) is 0 Å². The van der Waals surface area contributed by atoms with Crippen LogP contribution in [0.15, 0.2) is 24.5 Å². The predicted molar refractivity (Wildman–Crippen MR) is 65.4 cm³/mol. The number of hydrogen-bond donors (Lipinski definition) is 1. The lowest BCUT2D eigenvalue weighted by atomic mass is 10.2. The molecular weight excluding hydrogens is 238 g/mol. The Balaban J connectivity index is 1.93. The van der Waals surface area contributed by atoms with Gasteiger partial charge in [0, 0.05) is 32.0 Å². The Labute approximate surface area is 102 Å². The van der Waals surface area contributed by atoms with Crippen molar-refractivity contribution in [3.8, 4) is 0 Å². The van der Waals surface area contributed by atoms with E-state index in [0.717, 1.165) is 24.8 Å². The van der Waals surface area contributed by atoms with Crippen LogP contribution < -0.4 is 4.72 Å². The summed E-state index contributed by atoms with van der Waals surface area (Å²) in [6.07, 6.45) is 6.36. The van der Waals surface area contributed by atoms with Crippen LogP contribution in [0.4, 0.5) is 0 Å². The highest BCUT2D eigenvalue weighted by molar-refractivity contribution is 7.87. The minimum atomic E-state index is -3.33. The molecule has 0 aromatic carbocycles. The molecule has 17 heavy (non-hydrogen) atoms. The molecule has 1 N–H and O–H groups in total. The second-order valence-electron chi connectivity index (χ2n) is 4.15. The summed E-state index contributed by atoms with van der Waals surface area (Å²) in [5.41, 5.74) is 0.869. The van der Waals surface area contributed by atoms with Crippen molar-refractivity contribution in [3.05, 3.63) is 30.1 Å². The summed E-state index contributed by atoms with van der Waals surface area (Å²) < 4.78 is 28.0. The minimum Gasteiger partial charge on any atom is -0.264 e. The van der Waals surface area contributed by atoms with Crippen LogP contribution in [0.5, 0.6) is 0 Å². The lowest BCUT2D eigenvalue weighted by molar-refractivity contribution is 0.341. The Kier molecular flexibility index (Phi) is 4.09. The van der Waals surface area contributed by atoms with E-state index in [1.54, 1.807) is 18.5 Å². The van der Waals surface area contributed by atoms with E-state index in [0.29, 0.717) is 19.6 Å². The molecule has 0 spiro atoms. The van der Waals surface area contributed by atoms with Crippen molar-refractivity contribution in [3.63, 3.8) is 0 Å². The van der Waals surface area contributed by atoms with Crippen LogP contribution in [-0.4, -0.2) is 30.8 Å². The molecule has 0 bridgehead atoms. The summed E-state index contributed by atoms with van der Waals surface area (Å²) in [5, 5.41) is 0. The molecule has 0 unspecified atom stereocenters. The van der Waals surface area contributed by atoms with Gasteiger partial charge in [-0.2, -0.15) is 17.4 Å². The summed E-state index contributed by atoms with van der Waals surface area (Å²) >= 11 is 0. The van der Waals surface area contributed by atoms with Crippen LogP contribution in [0.25, 0.3) is 0 Å². The summed E-state index contributed by atoms with van der Waals surface area (Å²) in [6, 6.07) is 3.65. The zero-order valence-electron chi connectivity index (χ0n) is 9.67. The topological polar surface area (TPSA) is 62.3 Å². The molecular formula is C11H17N3O2S. The van der Waals surface area contributed by atoms with E-state index >= 15 is 0 Å². The molecule has 1 fully saturated rings. The van der Waals surface area contributed by atoms with Gasteiger partial charge in [-0.15, -0.1) is 0 Å². The quantitative estimate of drug-likeness (QED) is 0.869. The maximum absolute atomic E-state index is 12.0. The van der Waals surface area contributed by atoms with Gasteiger partial charge in [-0.1, -0.05) is 12.5 Å². The maximum atomic E-state index is 12.0. The van der Waals surface area contributed by atoms with E-state index in [2.05, 4.69) is 9.71 Å². The molecule has 94 valence electrons. The standard InChI is InChI=1S/C11H17N3O2S/c15-17(16,14-7-2-1-3-8-14)13-10-11-5-4-6-12-9-11/h4-6,9,13H,1-3,7-8,10H2. The molecule has 6 heteroatoms. The Morgan fingerprint density at radius 1 is 1.29 bits per heavy atom. The van der Waals surface area contributed by atoms with E-state index in [9.17, 15) is 8.42 Å². The summed E-state index contributed by atoms with van der Waals surface area (Å²) in [4.78, 5) is 3.95. The van der Waals surface area contributed by atoms with E-state index in [4.69, 9.17) is 0 Å². The average Bonchev–Trinajstić information content (AvgIpc) is 2.39. The first kappa shape index (κ1) is 12.5. The average molecular weight is 255 g/mol. The Hall–Kier alpha value is -0.980. The number of nitrogens with one attached hydrogen (secondary N) is 1. The highest BCUT2D eigenvalue weighted by Crippen LogP contribution is 2.12. The lowest BCUT2D eigenvalue weighted by Crippen LogP contribution is -2.43. The van der Waals surface area contributed by atoms with E-state index in [-0.39, 0.29) is 0 Å². The van der Waals surface area contributed by atoms with Gasteiger partial charge in [0.25, 0.3) is 10.2 Å². The third-order valence-corrected chi connectivity index (χ3v) is 4.39. The summed E-state index contributed by atoms with van der Waals surface area (Å²) in [6.45, 7) is 1.55. The highest BCUT2D eigenvalue weighted by atomic mass is 32.2. The fraction of sp³-hybridized carbons (Fsp3) is 0.545. The van der Waals surface area contributed by atoms with Crippen molar-refractivity contribution < 1.29 is 8.42 Å². The second kappa shape index (κ2) is 5.57. The molecule has 1 aliphatic heterocycles. The Morgan fingerprint density at radius 2 is 2.06 bits per heavy atom. The van der Waals surface area contributed by atoms with Gasteiger partial charge in [-0.05, 0) is 24.5 Å². The fourth-order valence-corrected chi connectivity index (χ4v) is 3.14. The maximum Gasteiger partial charge on any atom is 0.279 e. The molecule has 1 aromatic heterocycles. The monoisotopic (exact) mass is 255 g/mol. The molecule has 2 rings (SSSR count). The molecule has 1 aliphatic rings. The fourth-order valence-electron chi connectivity index (χ4n) is 1.87. The van der Waals surface area contributed by atoms with Crippen molar-refractivity contribution in [1.82, 2.24) is 14.0 Å². The lowest BCUT2D eigenvalue weighted by Gasteiger charge is -2.25. The number of aromatic nitrogens is 1. The Bertz CT molecular complexity index is 441. The van der Waals surface area contributed by atoms with Crippen LogP contribution >= 0.6 is 0 Å². The first-order chi connectivity index (χ1) is 8.18. The van der Waals surface area contributed by atoms with Gasteiger partial charge < -0.3 is 0 Å². The van der Waals surface area contributed by atoms with Crippen molar-refractivity contribution in [2.45, 2.75) is 25.8 Å². The van der Waals surface area contributed by atoms with Gasteiger partial charge >= 0.3 is 0 Å². The number of nitrogens with zero attached hydrogens (tertiary/aromatic N) is 2. The largest absolute Gasteiger partial charge is 0.279 e. The van der Waals surface area contributed by atoms with Crippen LogP contribution in [-0.2, 0) is 16.8 Å². The van der Waals surface area contributed by atoms with Gasteiger partial charge in [0.2, 0.25) is 0 Å². The van der Waals surface area contributed by atoms with Crippen LogP contribution in [0.2, 0.25) is 0 Å². The molecule has 2 heterocycles. The van der Waals surface area contributed by atoms with Gasteiger partial charge in [-0.25, -0.2) is 0 Å². The first-order valence-electron chi connectivity index (χ1n) is 5.82. The zero-order valence-corrected chi connectivity index (χ0v) is 10.5. The van der Waals surface area contributed by atoms with E-state index in [1.807, 2.05) is 6.07 Å². The number of pyridine rings is 1. The second-order valence-corrected chi connectivity index (χ2v) is 5.90.